The molecule has 0 aliphatic heterocycles. The van der Waals surface area contributed by atoms with Crippen LogP contribution in [0.1, 0.15) is 6.92 Å². The van der Waals surface area contributed by atoms with Crippen molar-refractivity contribution < 1.29 is 17.2 Å². The van der Waals surface area contributed by atoms with E-state index in [2.05, 4.69) is 5.32 Å². The number of para-hydroxylation sites is 1. The molecule has 1 rings (SSSR count). The molecule has 1 N–H and O–H groups in total. The topological polar surface area (TPSA) is 46.2 Å². The molecular weight excluding hydrogens is 236 g/mol. The lowest BCUT2D eigenvalue weighted by Crippen LogP contribution is -2.18. The van der Waals surface area contributed by atoms with E-state index in [1.165, 1.54) is 13.0 Å². The summed E-state index contributed by atoms with van der Waals surface area (Å²) in [5.74, 6) is -1.58. The largest absolute Gasteiger partial charge is 0.379 e. The first-order chi connectivity index (χ1) is 7.46. The zero-order chi connectivity index (χ0) is 12.2. The molecule has 90 valence electrons. The van der Waals surface area contributed by atoms with Gasteiger partial charge >= 0.3 is 0 Å². The van der Waals surface area contributed by atoms with Crippen LogP contribution in [0.2, 0.25) is 0 Å². The zero-order valence-electron chi connectivity index (χ0n) is 8.83. The molecule has 16 heavy (non-hydrogen) atoms. The van der Waals surface area contributed by atoms with E-state index >= 15 is 0 Å². The van der Waals surface area contributed by atoms with Crippen LogP contribution in [0.3, 0.4) is 0 Å². The van der Waals surface area contributed by atoms with Crippen molar-refractivity contribution in [2.75, 3.05) is 23.4 Å². The minimum absolute atomic E-state index is 0.00593. The van der Waals surface area contributed by atoms with Gasteiger partial charge in [-0.1, -0.05) is 13.0 Å². The number of anilines is 1. The third kappa shape index (κ3) is 3.44. The van der Waals surface area contributed by atoms with Crippen LogP contribution in [-0.2, 0) is 9.84 Å². The minimum atomic E-state index is -3.12. The van der Waals surface area contributed by atoms with Crippen molar-refractivity contribution in [1.29, 1.82) is 0 Å². The second kappa shape index (κ2) is 5.25. The first kappa shape index (κ1) is 12.9. The summed E-state index contributed by atoms with van der Waals surface area (Å²) in [6.07, 6.45) is 0. The van der Waals surface area contributed by atoms with Crippen LogP contribution >= 0.6 is 0 Å². The predicted molar refractivity (Wildman–Crippen MR) is 59.2 cm³/mol. The quantitative estimate of drug-likeness (QED) is 0.865. The van der Waals surface area contributed by atoms with Crippen LogP contribution < -0.4 is 5.32 Å². The second-order valence-corrected chi connectivity index (χ2v) is 5.73. The molecule has 0 aliphatic carbocycles. The Kier molecular flexibility index (Phi) is 4.23. The molecule has 1 aromatic carbocycles. The number of halogens is 2. The number of hydrogen-bond donors (Lipinski definition) is 1. The summed E-state index contributed by atoms with van der Waals surface area (Å²) in [4.78, 5) is 0. The Morgan fingerprint density at radius 3 is 2.31 bits per heavy atom. The van der Waals surface area contributed by atoms with Gasteiger partial charge in [-0.25, -0.2) is 17.2 Å². The molecule has 0 aliphatic rings. The zero-order valence-corrected chi connectivity index (χ0v) is 9.65. The fourth-order valence-corrected chi connectivity index (χ4v) is 1.84. The van der Waals surface area contributed by atoms with Gasteiger partial charge in [0.25, 0.3) is 0 Å². The summed E-state index contributed by atoms with van der Waals surface area (Å²) >= 11 is 0. The summed E-state index contributed by atoms with van der Waals surface area (Å²) in [5.41, 5.74) is -0.284. The summed E-state index contributed by atoms with van der Waals surface area (Å²) < 4.78 is 48.5. The minimum Gasteiger partial charge on any atom is -0.379 e. The first-order valence-corrected chi connectivity index (χ1v) is 6.66. The van der Waals surface area contributed by atoms with Crippen LogP contribution in [0.5, 0.6) is 0 Å². The second-order valence-electron chi connectivity index (χ2n) is 3.26. The van der Waals surface area contributed by atoms with Crippen molar-refractivity contribution >= 4 is 15.5 Å². The molecule has 1 aromatic rings. The molecule has 0 unspecified atom stereocenters. The van der Waals surface area contributed by atoms with E-state index in [-0.39, 0.29) is 23.7 Å². The number of rotatable bonds is 5. The first-order valence-electron chi connectivity index (χ1n) is 4.84. The van der Waals surface area contributed by atoms with Crippen molar-refractivity contribution in [3.8, 4) is 0 Å². The lowest BCUT2D eigenvalue weighted by Gasteiger charge is -2.08. The molecular formula is C10H13F2NO2S. The lowest BCUT2D eigenvalue weighted by atomic mass is 10.3. The average molecular weight is 249 g/mol. The highest BCUT2D eigenvalue weighted by molar-refractivity contribution is 7.91. The Labute approximate surface area is 93.4 Å². The maximum absolute atomic E-state index is 13.1. The van der Waals surface area contributed by atoms with Crippen molar-refractivity contribution in [3.63, 3.8) is 0 Å². The van der Waals surface area contributed by atoms with Crippen LogP contribution in [0, 0.1) is 11.6 Å². The Morgan fingerprint density at radius 1 is 1.25 bits per heavy atom. The maximum atomic E-state index is 13.1. The molecule has 0 saturated heterocycles. The Bertz CT molecular complexity index is 440. The normalized spacial score (nSPS) is 11.4. The predicted octanol–water partition coefficient (Wildman–Crippen LogP) is 1.81. The van der Waals surface area contributed by atoms with E-state index in [9.17, 15) is 17.2 Å². The van der Waals surface area contributed by atoms with Gasteiger partial charge in [0, 0.05) is 12.3 Å². The van der Waals surface area contributed by atoms with E-state index in [1.54, 1.807) is 0 Å². The third-order valence-corrected chi connectivity index (χ3v) is 3.82. The van der Waals surface area contributed by atoms with Crippen molar-refractivity contribution in [2.45, 2.75) is 6.92 Å². The lowest BCUT2D eigenvalue weighted by molar-refractivity contribution is 0.586. The molecule has 0 radical (unpaired) electrons. The number of sulfone groups is 1. The van der Waals surface area contributed by atoms with Gasteiger partial charge in [-0.15, -0.1) is 0 Å². The highest BCUT2D eigenvalue weighted by Gasteiger charge is 2.10. The van der Waals surface area contributed by atoms with Gasteiger partial charge in [0.15, 0.2) is 9.84 Å². The molecule has 0 heterocycles. The summed E-state index contributed by atoms with van der Waals surface area (Å²) in [5, 5.41) is 2.44. The summed E-state index contributed by atoms with van der Waals surface area (Å²) in [6, 6.07) is 3.47. The number of benzene rings is 1. The van der Waals surface area contributed by atoms with Crippen LogP contribution in [-0.4, -0.2) is 26.5 Å². The van der Waals surface area contributed by atoms with Crippen molar-refractivity contribution in [2.24, 2.45) is 0 Å². The molecule has 6 heteroatoms. The van der Waals surface area contributed by atoms with E-state index in [0.29, 0.717) is 0 Å². The number of nitrogens with one attached hydrogen (secondary N) is 1. The van der Waals surface area contributed by atoms with E-state index in [4.69, 9.17) is 0 Å². The van der Waals surface area contributed by atoms with Gasteiger partial charge in [0.2, 0.25) is 0 Å². The molecule has 0 saturated carbocycles. The molecule has 0 amide bonds. The third-order valence-electron chi connectivity index (χ3n) is 2.12. The van der Waals surface area contributed by atoms with Crippen LogP contribution in [0.4, 0.5) is 14.5 Å². The van der Waals surface area contributed by atoms with Gasteiger partial charge in [-0.2, -0.15) is 0 Å². The van der Waals surface area contributed by atoms with Gasteiger partial charge < -0.3 is 5.32 Å². The van der Waals surface area contributed by atoms with E-state index in [0.717, 1.165) is 12.1 Å². The molecule has 0 spiro atoms. The molecule has 0 fully saturated rings. The molecule has 0 atom stereocenters. The van der Waals surface area contributed by atoms with Gasteiger partial charge in [0.1, 0.15) is 17.3 Å². The van der Waals surface area contributed by atoms with Gasteiger partial charge in [0.05, 0.1) is 5.75 Å². The standard InChI is InChI=1S/C10H13F2NO2S/c1-2-16(14,15)7-6-13-10-8(11)4-3-5-9(10)12/h3-5,13H,2,6-7H2,1H3. The Balaban J connectivity index is 2.62. The van der Waals surface area contributed by atoms with Crippen molar-refractivity contribution in [3.05, 3.63) is 29.8 Å². The van der Waals surface area contributed by atoms with Crippen LogP contribution in [0.15, 0.2) is 18.2 Å². The Morgan fingerprint density at radius 2 is 1.81 bits per heavy atom. The van der Waals surface area contributed by atoms with Crippen LogP contribution in [0.25, 0.3) is 0 Å². The molecule has 0 bridgehead atoms. The summed E-state index contributed by atoms with van der Waals surface area (Å²) in [7, 11) is -3.12. The Hall–Kier alpha value is -1.17. The average Bonchev–Trinajstić information content (AvgIpc) is 2.22. The molecule has 0 aromatic heterocycles. The van der Waals surface area contributed by atoms with Gasteiger partial charge in [-0.05, 0) is 12.1 Å². The highest BCUT2D eigenvalue weighted by atomic mass is 32.2. The highest BCUT2D eigenvalue weighted by Crippen LogP contribution is 2.17. The SMILES string of the molecule is CCS(=O)(=O)CCNc1c(F)cccc1F. The molecule has 3 nitrogen and oxygen atoms in total. The summed E-state index contributed by atoms with van der Waals surface area (Å²) in [6.45, 7) is 1.52. The van der Waals surface area contributed by atoms with Crippen molar-refractivity contribution in [1.82, 2.24) is 0 Å². The van der Waals surface area contributed by atoms with E-state index in [1.807, 2.05) is 0 Å². The number of hydrogen-bond acceptors (Lipinski definition) is 3. The smallest absolute Gasteiger partial charge is 0.151 e. The fraction of sp³-hybridized carbons (Fsp3) is 0.400. The van der Waals surface area contributed by atoms with E-state index < -0.39 is 21.5 Å². The van der Waals surface area contributed by atoms with Gasteiger partial charge in [-0.3, -0.25) is 0 Å². The fourth-order valence-electron chi connectivity index (χ4n) is 1.14. The maximum Gasteiger partial charge on any atom is 0.151 e. The monoisotopic (exact) mass is 249 g/mol.